The average Bonchev–Trinajstić information content (AvgIpc) is 2.44. The van der Waals surface area contributed by atoms with Crippen LogP contribution >= 0.6 is 11.6 Å². The van der Waals surface area contributed by atoms with Crippen molar-refractivity contribution in [2.45, 2.75) is 32.1 Å². The second-order valence-corrected chi connectivity index (χ2v) is 5.51. The van der Waals surface area contributed by atoms with Crippen LogP contribution in [0.1, 0.15) is 37.7 Å². The molecular weight excluding hydrogens is 272 g/mol. The molecule has 0 aromatic heterocycles. The predicted molar refractivity (Wildman–Crippen MR) is 81.9 cm³/mol. The van der Waals surface area contributed by atoms with Crippen LogP contribution < -0.4 is 0 Å². The molecule has 1 aromatic rings. The molecule has 20 heavy (non-hydrogen) atoms. The molecule has 1 atom stereocenters. The number of halogens is 1. The van der Waals surface area contributed by atoms with Crippen molar-refractivity contribution in [2.75, 3.05) is 6.61 Å². The third-order valence-electron chi connectivity index (χ3n) is 3.76. The summed E-state index contributed by atoms with van der Waals surface area (Å²) in [6.45, 7) is 6.42. The molecule has 3 heteroatoms. The molecule has 1 aromatic carbocycles. The SMILES string of the molecule is C=CC(CCC1=C(C)CCOC1=O)c1ccc(Cl)cc1. The third-order valence-corrected chi connectivity index (χ3v) is 4.01. The normalized spacial score (nSPS) is 16.8. The maximum absolute atomic E-state index is 11.8. The molecule has 0 aliphatic carbocycles. The molecule has 2 rings (SSSR count). The molecule has 1 aliphatic rings. The van der Waals surface area contributed by atoms with Crippen LogP contribution in [0.25, 0.3) is 0 Å². The lowest BCUT2D eigenvalue weighted by molar-refractivity contribution is -0.140. The Hall–Kier alpha value is -1.54. The molecule has 1 unspecified atom stereocenters. The van der Waals surface area contributed by atoms with E-state index in [4.69, 9.17) is 16.3 Å². The second-order valence-electron chi connectivity index (χ2n) is 5.08. The van der Waals surface area contributed by atoms with Crippen LogP contribution in [-0.2, 0) is 9.53 Å². The number of cyclic esters (lactones) is 1. The van der Waals surface area contributed by atoms with Crippen molar-refractivity contribution in [3.8, 4) is 0 Å². The van der Waals surface area contributed by atoms with E-state index in [0.29, 0.717) is 6.61 Å². The molecule has 0 amide bonds. The summed E-state index contributed by atoms with van der Waals surface area (Å²) < 4.78 is 5.11. The van der Waals surface area contributed by atoms with E-state index in [9.17, 15) is 4.79 Å². The number of hydrogen-bond donors (Lipinski definition) is 0. The van der Waals surface area contributed by atoms with Crippen molar-refractivity contribution >= 4 is 17.6 Å². The van der Waals surface area contributed by atoms with Gasteiger partial charge in [0.1, 0.15) is 0 Å². The summed E-state index contributed by atoms with van der Waals surface area (Å²) in [5.41, 5.74) is 3.16. The molecule has 0 bridgehead atoms. The summed E-state index contributed by atoms with van der Waals surface area (Å²) in [7, 11) is 0. The van der Waals surface area contributed by atoms with Gasteiger partial charge in [-0.25, -0.2) is 4.79 Å². The highest BCUT2D eigenvalue weighted by Gasteiger charge is 2.20. The van der Waals surface area contributed by atoms with E-state index in [1.807, 2.05) is 37.3 Å². The molecule has 0 saturated carbocycles. The molecular formula is C17H19ClO2. The monoisotopic (exact) mass is 290 g/mol. The molecule has 2 nitrogen and oxygen atoms in total. The van der Waals surface area contributed by atoms with Crippen LogP contribution in [0, 0.1) is 0 Å². The Morgan fingerprint density at radius 3 is 2.70 bits per heavy atom. The molecule has 1 aliphatic heterocycles. The minimum absolute atomic E-state index is 0.160. The van der Waals surface area contributed by atoms with Crippen LogP contribution in [0.3, 0.4) is 0 Å². The number of ether oxygens (including phenoxy) is 1. The maximum atomic E-state index is 11.8. The predicted octanol–water partition coefficient (Wildman–Crippen LogP) is 4.65. The Balaban J connectivity index is 2.06. The molecule has 106 valence electrons. The van der Waals surface area contributed by atoms with E-state index in [2.05, 4.69) is 6.58 Å². The van der Waals surface area contributed by atoms with E-state index < -0.39 is 0 Å². The lowest BCUT2D eigenvalue weighted by Gasteiger charge is -2.19. The molecule has 0 spiro atoms. The molecule has 1 heterocycles. The van der Waals surface area contributed by atoms with Crippen molar-refractivity contribution in [2.24, 2.45) is 0 Å². The van der Waals surface area contributed by atoms with Gasteiger partial charge >= 0.3 is 5.97 Å². The molecule has 0 N–H and O–H groups in total. The number of esters is 1. The summed E-state index contributed by atoms with van der Waals surface area (Å²) in [6, 6.07) is 7.78. The van der Waals surface area contributed by atoms with E-state index in [-0.39, 0.29) is 11.9 Å². The smallest absolute Gasteiger partial charge is 0.333 e. The summed E-state index contributed by atoms with van der Waals surface area (Å²) >= 11 is 5.90. The number of hydrogen-bond acceptors (Lipinski definition) is 2. The average molecular weight is 291 g/mol. The highest BCUT2D eigenvalue weighted by Crippen LogP contribution is 2.28. The first-order valence-corrected chi connectivity index (χ1v) is 7.23. The second kappa shape index (κ2) is 6.76. The third kappa shape index (κ3) is 3.51. The van der Waals surface area contributed by atoms with Crippen molar-refractivity contribution < 1.29 is 9.53 Å². The van der Waals surface area contributed by atoms with Crippen molar-refractivity contribution in [1.29, 1.82) is 0 Å². The van der Waals surface area contributed by atoms with Gasteiger partial charge < -0.3 is 4.74 Å². The van der Waals surface area contributed by atoms with Crippen LogP contribution in [0.5, 0.6) is 0 Å². The van der Waals surface area contributed by atoms with Crippen LogP contribution in [-0.4, -0.2) is 12.6 Å². The first kappa shape index (κ1) is 14.9. The fourth-order valence-corrected chi connectivity index (χ4v) is 2.58. The van der Waals surface area contributed by atoms with Crippen molar-refractivity contribution in [3.63, 3.8) is 0 Å². The first-order valence-electron chi connectivity index (χ1n) is 6.85. The van der Waals surface area contributed by atoms with E-state index >= 15 is 0 Å². The topological polar surface area (TPSA) is 26.3 Å². The minimum Gasteiger partial charge on any atom is -0.462 e. The number of benzene rings is 1. The quantitative estimate of drug-likeness (QED) is 0.583. The molecule has 0 radical (unpaired) electrons. The maximum Gasteiger partial charge on any atom is 0.333 e. The van der Waals surface area contributed by atoms with Gasteiger partial charge in [-0.2, -0.15) is 0 Å². The van der Waals surface area contributed by atoms with Gasteiger partial charge in [0.2, 0.25) is 0 Å². The lowest BCUT2D eigenvalue weighted by atomic mass is 9.90. The van der Waals surface area contributed by atoms with Gasteiger partial charge in [-0.1, -0.05) is 35.4 Å². The summed E-state index contributed by atoms with van der Waals surface area (Å²) in [4.78, 5) is 11.8. The zero-order chi connectivity index (χ0) is 14.5. The molecule has 0 saturated heterocycles. The van der Waals surface area contributed by atoms with Crippen molar-refractivity contribution in [3.05, 3.63) is 58.7 Å². The number of allylic oxidation sites excluding steroid dienone is 1. The zero-order valence-corrected chi connectivity index (χ0v) is 12.5. The Morgan fingerprint density at radius 1 is 1.40 bits per heavy atom. The standard InChI is InChI=1S/C17H19ClO2/c1-3-13(14-4-7-15(18)8-5-14)6-9-16-12(2)10-11-20-17(16)19/h3-5,7-8,13H,1,6,9-11H2,2H3. The van der Waals surface area contributed by atoms with Crippen molar-refractivity contribution in [1.82, 2.24) is 0 Å². The fraction of sp³-hybridized carbons (Fsp3) is 0.353. The highest BCUT2D eigenvalue weighted by molar-refractivity contribution is 6.30. The van der Waals surface area contributed by atoms with Gasteiger partial charge in [0.15, 0.2) is 0 Å². The summed E-state index contributed by atoms with van der Waals surface area (Å²) in [6.07, 6.45) is 4.35. The first-order chi connectivity index (χ1) is 9.61. The fourth-order valence-electron chi connectivity index (χ4n) is 2.45. The van der Waals surface area contributed by atoms with Gasteiger partial charge in [0.05, 0.1) is 6.61 Å². The van der Waals surface area contributed by atoms with Gasteiger partial charge in [-0.3, -0.25) is 0 Å². The van der Waals surface area contributed by atoms with Gasteiger partial charge in [-0.15, -0.1) is 6.58 Å². The largest absolute Gasteiger partial charge is 0.462 e. The highest BCUT2D eigenvalue weighted by atomic mass is 35.5. The lowest BCUT2D eigenvalue weighted by Crippen LogP contribution is -2.17. The van der Waals surface area contributed by atoms with Crippen LogP contribution in [0.4, 0.5) is 0 Å². The number of rotatable bonds is 5. The zero-order valence-electron chi connectivity index (χ0n) is 11.7. The molecule has 0 fully saturated rings. The Morgan fingerprint density at radius 2 is 2.10 bits per heavy atom. The van der Waals surface area contributed by atoms with Gasteiger partial charge in [-0.05, 0) is 37.5 Å². The Labute approximate surface area is 125 Å². The van der Waals surface area contributed by atoms with Crippen LogP contribution in [0.15, 0.2) is 48.1 Å². The summed E-state index contributed by atoms with van der Waals surface area (Å²) in [5.74, 6) is 0.0648. The van der Waals surface area contributed by atoms with E-state index in [0.717, 1.165) is 35.4 Å². The number of carbonyl (C=O) groups excluding carboxylic acids is 1. The van der Waals surface area contributed by atoms with E-state index in [1.165, 1.54) is 5.56 Å². The van der Waals surface area contributed by atoms with Crippen LogP contribution in [0.2, 0.25) is 5.02 Å². The van der Waals surface area contributed by atoms with E-state index in [1.54, 1.807) is 0 Å². The number of carbonyl (C=O) groups is 1. The van der Waals surface area contributed by atoms with Gasteiger partial charge in [0, 0.05) is 22.9 Å². The Kier molecular flexibility index (Phi) is 5.02. The minimum atomic E-state index is -0.160. The van der Waals surface area contributed by atoms with Gasteiger partial charge in [0.25, 0.3) is 0 Å². The summed E-state index contributed by atoms with van der Waals surface area (Å²) in [5, 5.41) is 0.728. The Bertz CT molecular complexity index is 528.